The van der Waals surface area contributed by atoms with Gasteiger partial charge in [0.25, 0.3) is 0 Å². The van der Waals surface area contributed by atoms with Crippen LogP contribution in [0.15, 0.2) is 60.7 Å². The fraction of sp³-hybridized carbons (Fsp3) is 0.0625. The molecule has 1 amide bonds. The number of aromatic hydroxyl groups is 1. The third-order valence-electron chi connectivity index (χ3n) is 2.63. The Balaban J connectivity index is 1.86. The van der Waals surface area contributed by atoms with Crippen molar-refractivity contribution in [2.75, 3.05) is 0 Å². The minimum absolute atomic E-state index is 0.142. The molecule has 2 N–H and O–H groups in total. The Labute approximate surface area is 112 Å². The van der Waals surface area contributed by atoms with Crippen LogP contribution in [0.2, 0.25) is 0 Å². The summed E-state index contributed by atoms with van der Waals surface area (Å²) < 4.78 is 0. The summed E-state index contributed by atoms with van der Waals surface area (Å²) in [5.41, 5.74) is 1.93. The van der Waals surface area contributed by atoms with Gasteiger partial charge in [0.2, 0.25) is 5.91 Å². The van der Waals surface area contributed by atoms with E-state index in [9.17, 15) is 4.79 Å². The van der Waals surface area contributed by atoms with Gasteiger partial charge in [0.1, 0.15) is 5.75 Å². The summed E-state index contributed by atoms with van der Waals surface area (Å²) in [5, 5.41) is 11.9. The molecule has 0 unspecified atom stereocenters. The van der Waals surface area contributed by atoms with Crippen molar-refractivity contribution in [3.63, 3.8) is 0 Å². The summed E-state index contributed by atoms with van der Waals surface area (Å²) in [7, 11) is 0. The van der Waals surface area contributed by atoms with Crippen molar-refractivity contribution in [1.29, 1.82) is 0 Å². The Bertz CT molecular complexity index is 559. The predicted octanol–water partition coefficient (Wildman–Crippen LogP) is 2.72. The molecule has 0 aromatic heterocycles. The van der Waals surface area contributed by atoms with Gasteiger partial charge >= 0.3 is 0 Å². The van der Waals surface area contributed by atoms with E-state index in [2.05, 4.69) is 5.32 Å². The summed E-state index contributed by atoms with van der Waals surface area (Å²) in [6, 6.07) is 16.4. The molecule has 19 heavy (non-hydrogen) atoms. The average Bonchev–Trinajstić information content (AvgIpc) is 2.45. The molecule has 0 saturated heterocycles. The van der Waals surface area contributed by atoms with Crippen molar-refractivity contribution in [3.8, 4) is 5.75 Å². The molecule has 0 spiro atoms. The first kappa shape index (κ1) is 12.9. The van der Waals surface area contributed by atoms with E-state index in [1.54, 1.807) is 30.3 Å². The van der Waals surface area contributed by atoms with E-state index in [0.29, 0.717) is 6.54 Å². The maximum Gasteiger partial charge on any atom is 0.244 e. The van der Waals surface area contributed by atoms with Gasteiger partial charge < -0.3 is 10.4 Å². The van der Waals surface area contributed by atoms with Crippen LogP contribution in [0, 0.1) is 0 Å². The lowest BCUT2D eigenvalue weighted by atomic mass is 10.2. The molecule has 0 radical (unpaired) electrons. The van der Waals surface area contributed by atoms with Gasteiger partial charge in [-0.2, -0.15) is 0 Å². The number of hydrogen-bond donors (Lipinski definition) is 2. The largest absolute Gasteiger partial charge is 0.508 e. The highest BCUT2D eigenvalue weighted by atomic mass is 16.3. The lowest BCUT2D eigenvalue weighted by molar-refractivity contribution is -0.116. The maximum absolute atomic E-state index is 11.6. The van der Waals surface area contributed by atoms with Gasteiger partial charge in [-0.3, -0.25) is 4.79 Å². The van der Waals surface area contributed by atoms with Crippen molar-refractivity contribution in [1.82, 2.24) is 5.32 Å². The summed E-state index contributed by atoms with van der Waals surface area (Å²) in [6.07, 6.45) is 3.19. The van der Waals surface area contributed by atoms with Crippen LogP contribution in [-0.2, 0) is 11.3 Å². The zero-order chi connectivity index (χ0) is 13.5. The molecular weight excluding hydrogens is 238 g/mol. The first-order valence-corrected chi connectivity index (χ1v) is 6.03. The summed E-state index contributed by atoms with van der Waals surface area (Å²) in [4.78, 5) is 11.6. The third-order valence-corrected chi connectivity index (χ3v) is 2.63. The molecule has 2 rings (SSSR count). The van der Waals surface area contributed by atoms with Crippen LogP contribution in [-0.4, -0.2) is 11.0 Å². The van der Waals surface area contributed by atoms with Crippen molar-refractivity contribution in [3.05, 3.63) is 71.8 Å². The van der Waals surface area contributed by atoms with Gasteiger partial charge in [-0.15, -0.1) is 0 Å². The summed E-state index contributed by atoms with van der Waals surface area (Å²) in [5.74, 6) is 0.0719. The Morgan fingerprint density at radius 2 is 1.74 bits per heavy atom. The van der Waals surface area contributed by atoms with E-state index >= 15 is 0 Å². The quantitative estimate of drug-likeness (QED) is 0.823. The summed E-state index contributed by atoms with van der Waals surface area (Å²) >= 11 is 0. The van der Waals surface area contributed by atoms with Crippen LogP contribution in [0.25, 0.3) is 6.08 Å². The van der Waals surface area contributed by atoms with Crippen LogP contribution in [0.4, 0.5) is 0 Å². The van der Waals surface area contributed by atoms with Gasteiger partial charge in [-0.1, -0.05) is 42.5 Å². The topological polar surface area (TPSA) is 49.3 Å². The van der Waals surface area contributed by atoms with E-state index < -0.39 is 0 Å². The predicted molar refractivity (Wildman–Crippen MR) is 75.4 cm³/mol. The van der Waals surface area contributed by atoms with Gasteiger partial charge in [0.05, 0.1) is 0 Å². The second-order valence-electron chi connectivity index (χ2n) is 4.13. The molecule has 0 heterocycles. The van der Waals surface area contributed by atoms with Crippen LogP contribution in [0.5, 0.6) is 5.75 Å². The normalized spacial score (nSPS) is 10.5. The van der Waals surface area contributed by atoms with E-state index in [4.69, 9.17) is 5.11 Å². The Morgan fingerprint density at radius 1 is 1.05 bits per heavy atom. The average molecular weight is 253 g/mol. The maximum atomic E-state index is 11.6. The molecule has 0 saturated carbocycles. The summed E-state index contributed by atoms with van der Waals surface area (Å²) in [6.45, 7) is 0.513. The SMILES string of the molecule is O=C(C=Cc1ccc(O)cc1)NCc1ccccc1. The number of carbonyl (C=O) groups excluding carboxylic acids is 1. The molecule has 3 heteroatoms. The van der Waals surface area contributed by atoms with E-state index in [1.165, 1.54) is 6.08 Å². The van der Waals surface area contributed by atoms with Crippen molar-refractivity contribution < 1.29 is 9.90 Å². The zero-order valence-corrected chi connectivity index (χ0v) is 10.4. The highest BCUT2D eigenvalue weighted by molar-refractivity contribution is 5.91. The van der Waals surface area contributed by atoms with Gasteiger partial charge in [0.15, 0.2) is 0 Å². The molecule has 2 aromatic carbocycles. The third kappa shape index (κ3) is 4.32. The molecule has 0 aliphatic heterocycles. The number of phenolic OH excluding ortho intramolecular Hbond substituents is 1. The van der Waals surface area contributed by atoms with Gasteiger partial charge in [-0.25, -0.2) is 0 Å². The minimum atomic E-state index is -0.142. The molecule has 96 valence electrons. The number of hydrogen-bond acceptors (Lipinski definition) is 2. The monoisotopic (exact) mass is 253 g/mol. The fourth-order valence-corrected chi connectivity index (χ4v) is 1.60. The molecule has 0 atom stereocenters. The highest BCUT2D eigenvalue weighted by Gasteiger charge is 1.96. The molecule has 2 aromatic rings. The van der Waals surface area contributed by atoms with Crippen LogP contribution in [0.3, 0.4) is 0 Å². The van der Waals surface area contributed by atoms with Crippen LogP contribution < -0.4 is 5.32 Å². The van der Waals surface area contributed by atoms with E-state index in [-0.39, 0.29) is 11.7 Å². The second kappa shape index (κ2) is 6.40. The highest BCUT2D eigenvalue weighted by Crippen LogP contribution is 2.10. The zero-order valence-electron chi connectivity index (χ0n) is 10.4. The lowest BCUT2D eigenvalue weighted by Gasteiger charge is -2.01. The number of nitrogens with one attached hydrogen (secondary N) is 1. The second-order valence-corrected chi connectivity index (χ2v) is 4.13. The van der Waals surface area contributed by atoms with Crippen molar-refractivity contribution in [2.45, 2.75) is 6.54 Å². The Hall–Kier alpha value is -2.55. The molecule has 0 fully saturated rings. The fourth-order valence-electron chi connectivity index (χ4n) is 1.60. The molecule has 3 nitrogen and oxygen atoms in total. The van der Waals surface area contributed by atoms with Crippen LogP contribution >= 0.6 is 0 Å². The van der Waals surface area contributed by atoms with Crippen LogP contribution in [0.1, 0.15) is 11.1 Å². The van der Waals surface area contributed by atoms with E-state index in [1.807, 2.05) is 30.3 Å². The number of phenols is 1. The molecule has 0 bridgehead atoms. The number of rotatable bonds is 4. The minimum Gasteiger partial charge on any atom is -0.508 e. The lowest BCUT2D eigenvalue weighted by Crippen LogP contribution is -2.20. The van der Waals surface area contributed by atoms with E-state index in [0.717, 1.165) is 11.1 Å². The number of carbonyl (C=O) groups is 1. The molecule has 0 aliphatic carbocycles. The number of amides is 1. The molecular formula is C16H15NO2. The smallest absolute Gasteiger partial charge is 0.244 e. The molecule has 0 aliphatic rings. The standard InChI is InChI=1S/C16H15NO2/c18-15-9-6-13(7-10-15)8-11-16(19)17-12-14-4-2-1-3-5-14/h1-11,18H,12H2,(H,17,19). The number of benzene rings is 2. The van der Waals surface area contributed by atoms with Gasteiger partial charge in [-0.05, 0) is 29.3 Å². The first-order valence-electron chi connectivity index (χ1n) is 6.03. The van der Waals surface area contributed by atoms with Crippen molar-refractivity contribution >= 4 is 12.0 Å². The Morgan fingerprint density at radius 3 is 2.42 bits per heavy atom. The Kier molecular flexibility index (Phi) is 4.34. The first-order chi connectivity index (χ1) is 9.24. The van der Waals surface area contributed by atoms with Gasteiger partial charge in [0, 0.05) is 12.6 Å². The van der Waals surface area contributed by atoms with Crippen molar-refractivity contribution in [2.24, 2.45) is 0 Å².